The van der Waals surface area contributed by atoms with E-state index in [1.165, 1.54) is 4.31 Å². The van der Waals surface area contributed by atoms with E-state index in [2.05, 4.69) is 9.88 Å². The third-order valence-corrected chi connectivity index (χ3v) is 7.46. The molecule has 0 atom stereocenters. The fourth-order valence-electron chi connectivity index (χ4n) is 3.36. The van der Waals surface area contributed by atoms with Crippen LogP contribution >= 0.6 is 11.3 Å². The number of carbonyl (C=O) groups excluding carboxylic acids is 1. The Morgan fingerprint density at radius 2 is 1.77 bits per heavy atom. The second kappa shape index (κ2) is 6.88. The molecule has 2 saturated heterocycles. The van der Waals surface area contributed by atoms with E-state index in [4.69, 9.17) is 0 Å². The predicted molar refractivity (Wildman–Crippen MR) is 102 cm³/mol. The molecular formula is C17H20N4O3S2. The van der Waals surface area contributed by atoms with Crippen LogP contribution in [0.1, 0.15) is 16.8 Å². The Hall–Kier alpha value is -2.13. The number of nitrogens with zero attached hydrogens (tertiary/aromatic N) is 4. The van der Waals surface area contributed by atoms with Gasteiger partial charge in [-0.3, -0.25) is 9.10 Å². The first kappa shape index (κ1) is 17.3. The number of hydrogen-bond acceptors (Lipinski definition) is 6. The number of piperazine rings is 1. The van der Waals surface area contributed by atoms with E-state index in [1.807, 2.05) is 10.3 Å². The van der Waals surface area contributed by atoms with Crippen LogP contribution in [0.15, 0.2) is 35.8 Å². The first-order chi connectivity index (χ1) is 12.5. The van der Waals surface area contributed by atoms with E-state index >= 15 is 0 Å². The van der Waals surface area contributed by atoms with Gasteiger partial charge in [-0.25, -0.2) is 13.4 Å². The molecule has 138 valence electrons. The summed E-state index contributed by atoms with van der Waals surface area (Å²) >= 11 is 1.61. The Morgan fingerprint density at radius 3 is 2.35 bits per heavy atom. The molecule has 26 heavy (non-hydrogen) atoms. The molecule has 9 heteroatoms. The van der Waals surface area contributed by atoms with Crippen LogP contribution in [0.2, 0.25) is 0 Å². The lowest BCUT2D eigenvalue weighted by Gasteiger charge is -2.34. The van der Waals surface area contributed by atoms with E-state index in [9.17, 15) is 13.2 Å². The molecule has 2 aliphatic heterocycles. The largest absolute Gasteiger partial charge is 0.345 e. The van der Waals surface area contributed by atoms with Crippen molar-refractivity contribution in [1.29, 1.82) is 0 Å². The fraction of sp³-hybridized carbons (Fsp3) is 0.412. The number of aromatic nitrogens is 1. The summed E-state index contributed by atoms with van der Waals surface area (Å²) in [7, 11) is -3.19. The van der Waals surface area contributed by atoms with Crippen LogP contribution in [0.4, 0.5) is 10.8 Å². The maximum absolute atomic E-state index is 12.7. The van der Waals surface area contributed by atoms with Gasteiger partial charge in [-0.2, -0.15) is 0 Å². The minimum Gasteiger partial charge on any atom is -0.345 e. The summed E-state index contributed by atoms with van der Waals surface area (Å²) in [5.41, 5.74) is 1.22. The molecule has 7 nitrogen and oxygen atoms in total. The van der Waals surface area contributed by atoms with Crippen LogP contribution in [-0.4, -0.2) is 62.7 Å². The van der Waals surface area contributed by atoms with Gasteiger partial charge in [-0.05, 0) is 30.7 Å². The Morgan fingerprint density at radius 1 is 1.04 bits per heavy atom. The zero-order valence-corrected chi connectivity index (χ0v) is 15.9. The fourth-order valence-corrected chi connectivity index (χ4v) is 5.62. The van der Waals surface area contributed by atoms with Gasteiger partial charge in [-0.1, -0.05) is 0 Å². The quantitative estimate of drug-likeness (QED) is 0.794. The first-order valence-corrected chi connectivity index (χ1v) is 11.1. The van der Waals surface area contributed by atoms with Crippen LogP contribution in [-0.2, 0) is 10.0 Å². The molecule has 0 aliphatic carbocycles. The summed E-state index contributed by atoms with van der Waals surface area (Å²) in [5.74, 6) is 0.177. The van der Waals surface area contributed by atoms with E-state index in [1.54, 1.807) is 41.8 Å². The standard InChI is InChI=1S/C17H20N4O3S2/c22-16(19-8-10-20(11-9-19)17-18-6-12-25-17)14-2-4-15(5-3-14)21-7-1-13-26(21,23)24/h2-6,12H,1,7-11,13H2. The summed E-state index contributed by atoms with van der Waals surface area (Å²) in [6.45, 7) is 3.35. The van der Waals surface area contributed by atoms with Crippen molar-refractivity contribution in [2.45, 2.75) is 6.42 Å². The van der Waals surface area contributed by atoms with Crippen molar-refractivity contribution in [3.8, 4) is 0 Å². The van der Waals surface area contributed by atoms with Crippen molar-refractivity contribution in [1.82, 2.24) is 9.88 Å². The number of amides is 1. The van der Waals surface area contributed by atoms with Gasteiger partial charge < -0.3 is 9.80 Å². The molecule has 1 aromatic carbocycles. The molecule has 2 fully saturated rings. The molecular weight excluding hydrogens is 372 g/mol. The lowest BCUT2D eigenvalue weighted by atomic mass is 10.1. The van der Waals surface area contributed by atoms with Crippen molar-refractivity contribution in [3.63, 3.8) is 0 Å². The molecule has 0 unspecified atom stereocenters. The first-order valence-electron chi connectivity index (χ1n) is 8.59. The number of carbonyl (C=O) groups is 1. The number of sulfonamides is 1. The van der Waals surface area contributed by atoms with Gasteiger partial charge in [0.2, 0.25) is 10.0 Å². The van der Waals surface area contributed by atoms with Crippen LogP contribution in [0.25, 0.3) is 0 Å². The molecule has 2 aliphatic rings. The number of benzene rings is 1. The topological polar surface area (TPSA) is 73.8 Å². The Labute approximate surface area is 156 Å². The summed E-state index contributed by atoms with van der Waals surface area (Å²) < 4.78 is 25.4. The van der Waals surface area contributed by atoms with Crippen LogP contribution in [0, 0.1) is 0 Å². The molecule has 0 radical (unpaired) electrons. The maximum Gasteiger partial charge on any atom is 0.253 e. The minimum atomic E-state index is -3.19. The molecule has 2 aromatic rings. The molecule has 1 aromatic heterocycles. The van der Waals surface area contributed by atoms with Crippen molar-refractivity contribution >= 4 is 38.1 Å². The highest BCUT2D eigenvalue weighted by molar-refractivity contribution is 7.93. The van der Waals surface area contributed by atoms with Crippen molar-refractivity contribution in [2.24, 2.45) is 0 Å². The van der Waals surface area contributed by atoms with E-state index < -0.39 is 10.0 Å². The van der Waals surface area contributed by atoms with Crippen molar-refractivity contribution in [2.75, 3.05) is 47.7 Å². The van der Waals surface area contributed by atoms with Gasteiger partial charge in [0.25, 0.3) is 5.91 Å². The third-order valence-electron chi connectivity index (χ3n) is 4.76. The van der Waals surface area contributed by atoms with E-state index in [0.717, 1.165) is 18.2 Å². The lowest BCUT2D eigenvalue weighted by molar-refractivity contribution is 0.0747. The molecule has 0 bridgehead atoms. The van der Waals surface area contributed by atoms with E-state index in [0.29, 0.717) is 37.3 Å². The zero-order chi connectivity index (χ0) is 18.1. The lowest BCUT2D eigenvalue weighted by Crippen LogP contribution is -2.48. The third kappa shape index (κ3) is 3.28. The van der Waals surface area contributed by atoms with Crippen LogP contribution in [0.3, 0.4) is 0 Å². The monoisotopic (exact) mass is 392 g/mol. The number of anilines is 2. The molecule has 4 rings (SSSR count). The van der Waals surface area contributed by atoms with Gasteiger partial charge in [0, 0.05) is 49.9 Å². The summed E-state index contributed by atoms with van der Waals surface area (Å²) in [5, 5.41) is 2.95. The molecule has 0 N–H and O–H groups in total. The molecule has 3 heterocycles. The van der Waals surface area contributed by atoms with Crippen molar-refractivity contribution < 1.29 is 13.2 Å². The highest BCUT2D eigenvalue weighted by atomic mass is 32.2. The second-order valence-electron chi connectivity index (χ2n) is 6.38. The summed E-state index contributed by atoms with van der Waals surface area (Å²) in [6, 6.07) is 6.89. The highest BCUT2D eigenvalue weighted by Gasteiger charge is 2.29. The van der Waals surface area contributed by atoms with Crippen molar-refractivity contribution in [3.05, 3.63) is 41.4 Å². The Bertz CT molecular complexity index is 873. The number of rotatable bonds is 3. The molecule has 1 amide bonds. The number of hydrogen-bond donors (Lipinski definition) is 0. The van der Waals surface area contributed by atoms with Crippen LogP contribution in [0.5, 0.6) is 0 Å². The summed E-state index contributed by atoms with van der Waals surface area (Å²) in [6.07, 6.45) is 2.44. The average Bonchev–Trinajstić information content (AvgIpc) is 3.31. The Kier molecular flexibility index (Phi) is 4.58. The predicted octanol–water partition coefficient (Wildman–Crippen LogP) is 1.65. The molecule has 0 saturated carbocycles. The summed E-state index contributed by atoms with van der Waals surface area (Å²) in [4.78, 5) is 21.1. The number of thiazole rings is 1. The zero-order valence-electron chi connectivity index (χ0n) is 14.2. The Balaban J connectivity index is 1.41. The normalized spacial score (nSPS) is 19.8. The minimum absolute atomic E-state index is 0.0142. The maximum atomic E-state index is 12.7. The van der Waals surface area contributed by atoms with Gasteiger partial charge in [0.15, 0.2) is 5.13 Å². The van der Waals surface area contributed by atoms with E-state index in [-0.39, 0.29) is 11.7 Å². The van der Waals surface area contributed by atoms with Gasteiger partial charge >= 0.3 is 0 Å². The second-order valence-corrected chi connectivity index (χ2v) is 9.27. The smallest absolute Gasteiger partial charge is 0.253 e. The van der Waals surface area contributed by atoms with Gasteiger partial charge in [0.05, 0.1) is 11.4 Å². The van der Waals surface area contributed by atoms with Gasteiger partial charge in [0.1, 0.15) is 0 Å². The van der Waals surface area contributed by atoms with Gasteiger partial charge in [-0.15, -0.1) is 11.3 Å². The highest BCUT2D eigenvalue weighted by Crippen LogP contribution is 2.25. The molecule has 0 spiro atoms. The van der Waals surface area contributed by atoms with Crippen LogP contribution < -0.4 is 9.21 Å². The average molecular weight is 393 g/mol. The SMILES string of the molecule is O=C(c1ccc(N2CCCS2(=O)=O)cc1)N1CCN(c2nccs2)CC1.